The van der Waals surface area contributed by atoms with Crippen LogP contribution in [0.25, 0.3) is 0 Å². The third-order valence-corrected chi connectivity index (χ3v) is 2.90. The normalized spacial score (nSPS) is 10.4. The van der Waals surface area contributed by atoms with Gasteiger partial charge >= 0.3 is 5.97 Å². The lowest BCUT2D eigenvalue weighted by Gasteiger charge is -2.24. The van der Waals surface area contributed by atoms with E-state index in [1.807, 2.05) is 4.90 Å². The number of rotatable bonds is 9. The summed E-state index contributed by atoms with van der Waals surface area (Å²) in [7, 11) is 3.12. The molecule has 0 saturated carbocycles. The molecule has 0 amide bonds. The summed E-state index contributed by atoms with van der Waals surface area (Å²) in [4.78, 5) is 23.1. The van der Waals surface area contributed by atoms with E-state index in [1.165, 1.54) is 12.1 Å². The van der Waals surface area contributed by atoms with E-state index in [0.717, 1.165) is 0 Å². The number of carboxylic acid groups (broad SMARTS) is 1. The van der Waals surface area contributed by atoms with E-state index in [2.05, 4.69) is 0 Å². The van der Waals surface area contributed by atoms with Gasteiger partial charge < -0.3 is 19.5 Å². The highest BCUT2D eigenvalue weighted by molar-refractivity contribution is 5.93. The molecule has 0 spiro atoms. The molecule has 0 saturated heterocycles. The molecule has 0 aliphatic carbocycles. The molecule has 0 atom stereocenters. The minimum Gasteiger partial charge on any atom is -0.477 e. The number of anilines is 1. The zero-order valence-electron chi connectivity index (χ0n) is 11.9. The second-order valence-corrected chi connectivity index (χ2v) is 4.24. The third kappa shape index (κ3) is 4.69. The molecule has 1 N–H and O–H groups in total. The lowest BCUT2D eigenvalue weighted by molar-refractivity contribution is -0.385. The molecule has 0 aromatic heterocycles. The van der Waals surface area contributed by atoms with Crippen molar-refractivity contribution in [2.45, 2.75) is 0 Å². The van der Waals surface area contributed by atoms with Crippen LogP contribution in [0.5, 0.6) is 0 Å². The third-order valence-electron chi connectivity index (χ3n) is 2.90. The van der Waals surface area contributed by atoms with E-state index in [-0.39, 0.29) is 5.56 Å². The summed E-state index contributed by atoms with van der Waals surface area (Å²) in [5, 5.41) is 20.0. The van der Waals surface area contributed by atoms with Gasteiger partial charge in [0.1, 0.15) is 5.56 Å². The molecule has 0 aliphatic heterocycles. The van der Waals surface area contributed by atoms with Gasteiger partial charge in [0.15, 0.2) is 0 Å². The summed E-state index contributed by atoms with van der Waals surface area (Å²) < 4.78 is 10.0. The van der Waals surface area contributed by atoms with Crippen molar-refractivity contribution in [1.29, 1.82) is 0 Å². The van der Waals surface area contributed by atoms with Gasteiger partial charge in [-0.1, -0.05) is 0 Å². The Labute approximate surface area is 122 Å². The molecular formula is C13H18N2O6. The number of hydrogen-bond donors (Lipinski definition) is 1. The topological polar surface area (TPSA) is 102 Å². The Hall–Kier alpha value is -2.19. The van der Waals surface area contributed by atoms with Crippen molar-refractivity contribution in [3.8, 4) is 0 Å². The minimum absolute atomic E-state index is 0.331. The van der Waals surface area contributed by atoms with Crippen molar-refractivity contribution >= 4 is 17.3 Å². The van der Waals surface area contributed by atoms with Crippen LogP contribution in [0, 0.1) is 10.1 Å². The van der Waals surface area contributed by atoms with Crippen LogP contribution in [0.15, 0.2) is 18.2 Å². The van der Waals surface area contributed by atoms with E-state index in [9.17, 15) is 14.9 Å². The van der Waals surface area contributed by atoms with Crippen LogP contribution >= 0.6 is 0 Å². The quantitative estimate of drug-likeness (QED) is 0.543. The molecule has 0 unspecified atom stereocenters. The molecule has 0 heterocycles. The number of hydrogen-bond acceptors (Lipinski definition) is 6. The highest BCUT2D eigenvalue weighted by atomic mass is 16.6. The fourth-order valence-electron chi connectivity index (χ4n) is 1.82. The van der Waals surface area contributed by atoms with Crippen molar-refractivity contribution in [1.82, 2.24) is 0 Å². The first-order valence-electron chi connectivity index (χ1n) is 6.25. The lowest BCUT2D eigenvalue weighted by Crippen LogP contribution is -2.30. The Morgan fingerprint density at radius 2 is 1.86 bits per heavy atom. The van der Waals surface area contributed by atoms with E-state index in [1.54, 1.807) is 20.3 Å². The summed E-state index contributed by atoms with van der Waals surface area (Å²) in [5.74, 6) is -1.33. The molecule has 21 heavy (non-hydrogen) atoms. The Balaban J connectivity index is 3.10. The van der Waals surface area contributed by atoms with E-state index in [4.69, 9.17) is 14.6 Å². The molecule has 0 fully saturated rings. The Morgan fingerprint density at radius 1 is 1.29 bits per heavy atom. The van der Waals surface area contributed by atoms with Crippen LogP contribution in [0.1, 0.15) is 10.4 Å². The van der Waals surface area contributed by atoms with E-state index in [0.29, 0.717) is 32.0 Å². The first kappa shape index (κ1) is 16.9. The van der Waals surface area contributed by atoms with Crippen molar-refractivity contribution in [2.24, 2.45) is 0 Å². The van der Waals surface area contributed by atoms with Crippen molar-refractivity contribution in [3.05, 3.63) is 33.9 Å². The molecule has 0 radical (unpaired) electrons. The second kappa shape index (κ2) is 8.18. The first-order valence-corrected chi connectivity index (χ1v) is 6.25. The van der Waals surface area contributed by atoms with Crippen molar-refractivity contribution in [2.75, 3.05) is 45.4 Å². The number of methoxy groups -OCH3 is 2. The standard InChI is InChI=1S/C13H18N2O6/c1-20-7-5-14(6-8-21-2)10-3-4-11(13(16)17)12(9-10)15(18)19/h3-4,9H,5-8H2,1-2H3,(H,16,17). The highest BCUT2D eigenvalue weighted by Crippen LogP contribution is 2.25. The number of ether oxygens (including phenoxy) is 2. The van der Waals surface area contributed by atoms with Crippen LogP contribution in [0.3, 0.4) is 0 Å². The van der Waals surface area contributed by atoms with Gasteiger partial charge in [0.05, 0.1) is 18.1 Å². The van der Waals surface area contributed by atoms with E-state index < -0.39 is 16.6 Å². The number of nitro groups is 1. The van der Waals surface area contributed by atoms with Crippen molar-refractivity contribution < 1.29 is 24.3 Å². The summed E-state index contributed by atoms with van der Waals surface area (Å²) in [5.41, 5.74) is -0.206. The smallest absolute Gasteiger partial charge is 0.342 e. The zero-order chi connectivity index (χ0) is 15.8. The lowest BCUT2D eigenvalue weighted by atomic mass is 10.1. The molecule has 116 valence electrons. The second-order valence-electron chi connectivity index (χ2n) is 4.24. The van der Waals surface area contributed by atoms with E-state index >= 15 is 0 Å². The Morgan fingerprint density at radius 3 is 2.29 bits per heavy atom. The molecule has 1 aromatic carbocycles. The average molecular weight is 298 g/mol. The number of aromatic carboxylic acids is 1. The molecule has 8 nitrogen and oxygen atoms in total. The summed E-state index contributed by atoms with van der Waals surface area (Å²) in [6.45, 7) is 1.92. The van der Waals surface area contributed by atoms with Gasteiger partial charge in [0.2, 0.25) is 0 Å². The first-order chi connectivity index (χ1) is 10.0. The molecule has 0 aliphatic rings. The summed E-state index contributed by atoms with van der Waals surface area (Å²) in [6.07, 6.45) is 0. The minimum atomic E-state index is -1.33. The molecule has 0 bridgehead atoms. The fraction of sp³-hybridized carbons (Fsp3) is 0.462. The van der Waals surface area contributed by atoms with Gasteiger partial charge in [-0.05, 0) is 12.1 Å². The van der Waals surface area contributed by atoms with Gasteiger partial charge in [-0.25, -0.2) is 4.79 Å². The van der Waals surface area contributed by atoms with Crippen LogP contribution in [0.4, 0.5) is 11.4 Å². The van der Waals surface area contributed by atoms with Crippen LogP contribution in [0.2, 0.25) is 0 Å². The number of carboxylic acids is 1. The van der Waals surface area contributed by atoms with Crippen LogP contribution in [-0.2, 0) is 9.47 Å². The number of nitrogens with zero attached hydrogens (tertiary/aromatic N) is 2. The predicted octanol–water partition coefficient (Wildman–Crippen LogP) is 1.39. The average Bonchev–Trinajstić information content (AvgIpc) is 2.46. The zero-order valence-corrected chi connectivity index (χ0v) is 11.9. The molecule has 8 heteroatoms. The Bertz CT molecular complexity index is 497. The van der Waals surface area contributed by atoms with Crippen LogP contribution in [-0.4, -0.2) is 56.5 Å². The maximum absolute atomic E-state index is 11.0. The van der Waals surface area contributed by atoms with Gasteiger partial charge in [-0.15, -0.1) is 0 Å². The molecule has 1 aromatic rings. The molecule has 1 rings (SSSR count). The maximum atomic E-state index is 11.0. The Kier molecular flexibility index (Phi) is 6.57. The maximum Gasteiger partial charge on any atom is 0.342 e. The SMILES string of the molecule is COCCN(CCOC)c1ccc(C(=O)O)c([N+](=O)[O-])c1. The number of nitro benzene ring substituents is 1. The highest BCUT2D eigenvalue weighted by Gasteiger charge is 2.21. The van der Waals surface area contributed by atoms with Gasteiger partial charge in [-0.3, -0.25) is 10.1 Å². The summed E-state index contributed by atoms with van der Waals surface area (Å²) in [6, 6.07) is 4.04. The predicted molar refractivity (Wildman–Crippen MR) is 76.0 cm³/mol. The van der Waals surface area contributed by atoms with Gasteiger partial charge in [0.25, 0.3) is 5.69 Å². The summed E-state index contributed by atoms with van der Waals surface area (Å²) >= 11 is 0. The monoisotopic (exact) mass is 298 g/mol. The van der Waals surface area contributed by atoms with Gasteiger partial charge in [-0.2, -0.15) is 0 Å². The van der Waals surface area contributed by atoms with Gasteiger partial charge in [0, 0.05) is 39.1 Å². The number of benzene rings is 1. The largest absolute Gasteiger partial charge is 0.477 e. The number of carbonyl (C=O) groups is 1. The van der Waals surface area contributed by atoms with Crippen LogP contribution < -0.4 is 4.90 Å². The fourth-order valence-corrected chi connectivity index (χ4v) is 1.82. The van der Waals surface area contributed by atoms with Crippen molar-refractivity contribution in [3.63, 3.8) is 0 Å². The molecular weight excluding hydrogens is 280 g/mol.